The second-order valence-electron chi connectivity index (χ2n) is 15.4. The van der Waals surface area contributed by atoms with Gasteiger partial charge >= 0.3 is 0 Å². The summed E-state index contributed by atoms with van der Waals surface area (Å²) in [4.78, 5) is 0. The molecule has 45 heavy (non-hydrogen) atoms. The van der Waals surface area contributed by atoms with Crippen molar-refractivity contribution in [1.82, 2.24) is 0 Å². The van der Waals surface area contributed by atoms with E-state index < -0.39 is 0 Å². The van der Waals surface area contributed by atoms with Gasteiger partial charge in [-0.3, -0.25) is 0 Å². The Morgan fingerprint density at radius 3 is 0.844 bits per heavy atom. The van der Waals surface area contributed by atoms with Gasteiger partial charge < -0.3 is 16.9 Å². The lowest BCUT2D eigenvalue weighted by atomic mass is 10.0. The Morgan fingerprint density at radius 2 is 0.556 bits per heavy atom. The van der Waals surface area contributed by atoms with Crippen LogP contribution in [0.1, 0.15) is 239 Å². The van der Waals surface area contributed by atoms with E-state index in [-0.39, 0.29) is 12.4 Å². The van der Waals surface area contributed by atoms with Gasteiger partial charge in [0.05, 0.1) is 27.2 Å². The summed E-state index contributed by atoms with van der Waals surface area (Å²) in [6, 6.07) is 0. The van der Waals surface area contributed by atoms with Crippen molar-refractivity contribution in [2.45, 2.75) is 239 Å². The van der Waals surface area contributed by atoms with E-state index in [2.05, 4.69) is 40.1 Å². The third kappa shape index (κ3) is 42.0. The normalized spacial score (nSPS) is 11.9. The molecule has 0 fully saturated rings. The minimum absolute atomic E-state index is 0. The average Bonchev–Trinajstić information content (AvgIpc) is 3.01. The first kappa shape index (κ1) is 47.1. The van der Waals surface area contributed by atoms with E-state index in [9.17, 15) is 0 Å². The van der Waals surface area contributed by atoms with E-state index in [1.807, 2.05) is 0 Å². The van der Waals surface area contributed by atoms with Gasteiger partial charge in [0.1, 0.15) is 0 Å². The van der Waals surface area contributed by atoms with Crippen LogP contribution in [0.4, 0.5) is 0 Å². The third-order valence-corrected chi connectivity index (χ3v) is 10.1. The molecule has 0 radical (unpaired) electrons. The Kier molecular flexibility index (Phi) is 42.0. The predicted octanol–water partition coefficient (Wildman–Crippen LogP) is 12.3. The fourth-order valence-corrected chi connectivity index (χ4v) is 6.82. The van der Waals surface area contributed by atoms with Crippen LogP contribution in [0, 0.1) is 0 Å². The molecule has 272 valence electrons. The van der Waals surface area contributed by atoms with E-state index >= 15 is 0 Å². The number of hydrogen-bond donors (Lipinski definition) is 0. The number of hydrogen-bond acceptors (Lipinski definition) is 0. The molecular weight excluding hydrogens is 566 g/mol. The van der Waals surface area contributed by atoms with Gasteiger partial charge in [-0.05, 0) is 31.8 Å². The fourth-order valence-electron chi connectivity index (χ4n) is 6.82. The third-order valence-electron chi connectivity index (χ3n) is 10.1. The van der Waals surface area contributed by atoms with Crippen LogP contribution in [0.25, 0.3) is 0 Å². The second kappa shape index (κ2) is 40.2. The van der Waals surface area contributed by atoms with Crippen LogP contribution in [0.15, 0.2) is 12.2 Å². The summed E-state index contributed by atoms with van der Waals surface area (Å²) in [5.41, 5.74) is 0. The molecule has 0 spiro atoms. The summed E-state index contributed by atoms with van der Waals surface area (Å²) in [6.45, 7) is 7.16. The molecule has 0 amide bonds. The average molecular weight is 655 g/mol. The minimum atomic E-state index is 0. The first-order valence-electron chi connectivity index (χ1n) is 21.1. The molecule has 0 aliphatic rings. The molecule has 0 aliphatic carbocycles. The van der Waals surface area contributed by atoms with Gasteiger partial charge in [-0.1, -0.05) is 219 Å². The minimum Gasteiger partial charge on any atom is -1.00 e. The summed E-state index contributed by atoms with van der Waals surface area (Å²) in [6.07, 6.45) is 55.8. The van der Waals surface area contributed by atoms with Crippen molar-refractivity contribution >= 4 is 0 Å². The number of nitrogens with zero attached hydrogens (tertiary/aromatic N) is 1. The highest BCUT2D eigenvalue weighted by molar-refractivity contribution is 4.81. The van der Waals surface area contributed by atoms with Crippen LogP contribution >= 0.6 is 0 Å². The molecular formula is C43H88ClN. The SMILES string of the molecule is CCCCCCCCCCCCCCCCCCCCC=CC[N+](C)(C)CCCCCCCCCCCCCCCCCC.[Cl-]. The Balaban J connectivity index is 0. The molecule has 0 saturated heterocycles. The van der Waals surface area contributed by atoms with Crippen LogP contribution in [-0.4, -0.2) is 31.7 Å². The van der Waals surface area contributed by atoms with Gasteiger partial charge in [0.2, 0.25) is 0 Å². The number of unbranched alkanes of at least 4 members (excludes halogenated alkanes) is 33. The molecule has 0 aliphatic heterocycles. The Hall–Kier alpha value is -0.0100. The van der Waals surface area contributed by atoms with Crippen molar-refractivity contribution in [3.63, 3.8) is 0 Å². The predicted molar refractivity (Wildman–Crippen MR) is 204 cm³/mol. The highest BCUT2D eigenvalue weighted by atomic mass is 35.5. The Labute approximate surface area is 294 Å². The molecule has 0 atom stereocenters. The molecule has 0 bridgehead atoms. The maximum atomic E-state index is 2.47. The number of quaternary nitrogens is 1. The van der Waals surface area contributed by atoms with Crippen molar-refractivity contribution < 1.29 is 16.9 Å². The molecule has 1 nitrogen and oxygen atoms in total. The van der Waals surface area contributed by atoms with Gasteiger partial charge in [-0.25, -0.2) is 0 Å². The lowest BCUT2D eigenvalue weighted by molar-refractivity contribution is -0.884. The molecule has 0 aromatic rings. The van der Waals surface area contributed by atoms with Gasteiger partial charge in [0.25, 0.3) is 0 Å². The van der Waals surface area contributed by atoms with Crippen LogP contribution in [0.2, 0.25) is 0 Å². The zero-order valence-corrected chi connectivity index (χ0v) is 32.9. The van der Waals surface area contributed by atoms with Gasteiger partial charge in [-0.2, -0.15) is 0 Å². The smallest absolute Gasteiger partial charge is 0.0969 e. The topological polar surface area (TPSA) is 0 Å². The maximum absolute atomic E-state index is 2.47. The molecule has 0 N–H and O–H groups in total. The standard InChI is InChI=1S/C43H88N.ClH/c1-5-7-9-11-13-15-17-19-21-23-24-25-26-27-29-31-33-35-37-39-41-43-44(3,4)42-40-38-36-34-32-30-28-22-20-18-16-14-12-10-8-6-2;/h39,41H,5-38,40,42-43H2,1-4H3;1H/q+1;/p-1. The summed E-state index contributed by atoms with van der Waals surface area (Å²) >= 11 is 0. The summed E-state index contributed by atoms with van der Waals surface area (Å²) in [7, 11) is 4.85. The van der Waals surface area contributed by atoms with Crippen LogP contribution < -0.4 is 12.4 Å². The molecule has 0 saturated carbocycles. The Bertz CT molecular complexity index is 542. The van der Waals surface area contributed by atoms with Crippen molar-refractivity contribution in [2.75, 3.05) is 27.2 Å². The fraction of sp³-hybridized carbons (Fsp3) is 0.953. The van der Waals surface area contributed by atoms with Crippen molar-refractivity contribution in [3.8, 4) is 0 Å². The van der Waals surface area contributed by atoms with E-state index in [4.69, 9.17) is 0 Å². The van der Waals surface area contributed by atoms with E-state index in [0.717, 1.165) is 4.48 Å². The van der Waals surface area contributed by atoms with E-state index in [1.165, 1.54) is 238 Å². The van der Waals surface area contributed by atoms with E-state index in [1.54, 1.807) is 0 Å². The molecule has 0 rings (SSSR count). The zero-order valence-electron chi connectivity index (χ0n) is 32.1. The highest BCUT2D eigenvalue weighted by Crippen LogP contribution is 2.16. The Morgan fingerprint density at radius 1 is 0.311 bits per heavy atom. The number of rotatable bonds is 38. The lowest BCUT2D eigenvalue weighted by Crippen LogP contribution is -3.00. The van der Waals surface area contributed by atoms with Crippen LogP contribution in [0.5, 0.6) is 0 Å². The quantitative estimate of drug-likeness (QED) is 0.0353. The molecule has 0 aromatic heterocycles. The first-order chi connectivity index (χ1) is 21.6. The number of allylic oxidation sites excluding steroid dienone is 1. The van der Waals surface area contributed by atoms with Crippen molar-refractivity contribution in [3.05, 3.63) is 12.2 Å². The first-order valence-corrected chi connectivity index (χ1v) is 21.1. The summed E-state index contributed by atoms with van der Waals surface area (Å²) in [5.74, 6) is 0. The monoisotopic (exact) mass is 654 g/mol. The van der Waals surface area contributed by atoms with E-state index in [0.29, 0.717) is 0 Å². The van der Waals surface area contributed by atoms with Gasteiger partial charge in [0, 0.05) is 0 Å². The van der Waals surface area contributed by atoms with Gasteiger partial charge in [0.15, 0.2) is 0 Å². The second-order valence-corrected chi connectivity index (χ2v) is 15.4. The molecule has 0 heterocycles. The zero-order chi connectivity index (χ0) is 32.1. The van der Waals surface area contributed by atoms with Crippen molar-refractivity contribution in [2.24, 2.45) is 0 Å². The molecule has 2 heteroatoms. The lowest BCUT2D eigenvalue weighted by Gasteiger charge is -2.28. The maximum Gasteiger partial charge on any atom is 0.0969 e. The summed E-state index contributed by atoms with van der Waals surface area (Å²) in [5, 5.41) is 0. The molecule has 0 aromatic carbocycles. The van der Waals surface area contributed by atoms with Crippen LogP contribution in [-0.2, 0) is 0 Å². The van der Waals surface area contributed by atoms with Crippen LogP contribution in [0.3, 0.4) is 0 Å². The van der Waals surface area contributed by atoms with Gasteiger partial charge in [-0.15, -0.1) is 0 Å². The molecule has 0 unspecified atom stereocenters. The highest BCUT2D eigenvalue weighted by Gasteiger charge is 2.11. The largest absolute Gasteiger partial charge is 1.00 e. The summed E-state index contributed by atoms with van der Waals surface area (Å²) < 4.78 is 1.16. The van der Waals surface area contributed by atoms with Crippen molar-refractivity contribution in [1.29, 1.82) is 0 Å². The number of likely N-dealkylation sites (N-methyl/N-ethyl adjacent to an activating group) is 1. The number of halogens is 1.